The highest BCUT2D eigenvalue weighted by atomic mass is 32.2. The van der Waals surface area contributed by atoms with Crippen LogP contribution in [0.5, 0.6) is 0 Å². The van der Waals surface area contributed by atoms with E-state index >= 15 is 0 Å². The molecule has 0 heterocycles. The zero-order valence-electron chi connectivity index (χ0n) is 21.4. The van der Waals surface area contributed by atoms with E-state index in [0.29, 0.717) is 6.26 Å². The van der Waals surface area contributed by atoms with E-state index < -0.39 is 17.4 Å². The van der Waals surface area contributed by atoms with Crippen molar-refractivity contribution in [2.45, 2.75) is 57.8 Å². The molecule has 6 heteroatoms. The molecule has 3 aromatic rings. The third-order valence-corrected chi connectivity index (χ3v) is 10.7. The summed E-state index contributed by atoms with van der Waals surface area (Å²) >= 11 is 0. The van der Waals surface area contributed by atoms with E-state index in [1.54, 1.807) is 0 Å². The van der Waals surface area contributed by atoms with Gasteiger partial charge in [0.05, 0.1) is 23.0 Å². The van der Waals surface area contributed by atoms with Gasteiger partial charge in [0.2, 0.25) is 0 Å². The van der Waals surface area contributed by atoms with E-state index in [0.717, 1.165) is 12.8 Å². The fourth-order valence-electron chi connectivity index (χ4n) is 4.56. The molecule has 0 aliphatic rings. The average molecular weight is 531 g/mol. The Morgan fingerprint density at radius 3 is 1.17 bits per heavy atom. The van der Waals surface area contributed by atoms with Gasteiger partial charge in [-0.25, -0.2) is 8.42 Å². The molecule has 196 valence electrons. The maximum atomic E-state index is 12.2. The first-order valence-corrected chi connectivity index (χ1v) is 16.7. The molecule has 0 spiro atoms. The van der Waals surface area contributed by atoms with Crippen LogP contribution in [0, 0.1) is 0 Å². The van der Waals surface area contributed by atoms with Crippen molar-refractivity contribution in [2.24, 2.45) is 0 Å². The number of rotatable bonds is 14. The highest BCUT2D eigenvalue weighted by molar-refractivity contribution is 7.95. The minimum absolute atomic E-state index is 0.158. The maximum absolute atomic E-state index is 12.2. The zero-order chi connectivity index (χ0) is 26.1. The van der Waals surface area contributed by atoms with Crippen LogP contribution >= 0.6 is 7.26 Å². The molecule has 0 aliphatic carbocycles. The molecule has 0 radical (unpaired) electrons. The van der Waals surface area contributed by atoms with Crippen molar-refractivity contribution in [3.63, 3.8) is 0 Å². The molecule has 3 nitrogen and oxygen atoms in total. The van der Waals surface area contributed by atoms with Crippen LogP contribution in [0.2, 0.25) is 0 Å². The van der Waals surface area contributed by atoms with Crippen LogP contribution in [0.1, 0.15) is 57.8 Å². The fourth-order valence-corrected chi connectivity index (χ4v) is 8.97. The van der Waals surface area contributed by atoms with Crippen LogP contribution in [-0.4, -0.2) is 32.1 Å². The molecule has 36 heavy (non-hydrogen) atoms. The lowest BCUT2D eigenvalue weighted by atomic mass is 10.1. The van der Waals surface area contributed by atoms with Gasteiger partial charge in [0.15, 0.2) is 0 Å². The maximum Gasteiger partial charge on any atom is 0.112 e. The second-order valence-electron chi connectivity index (χ2n) is 9.12. The van der Waals surface area contributed by atoms with E-state index in [9.17, 15) is 4.39 Å². The van der Waals surface area contributed by atoms with E-state index in [1.807, 2.05) is 0 Å². The molecule has 0 atom stereocenters. The smallest absolute Gasteiger partial charge is 0.112 e. The predicted molar refractivity (Wildman–Crippen MR) is 153 cm³/mol. The zero-order valence-corrected chi connectivity index (χ0v) is 23.1. The van der Waals surface area contributed by atoms with E-state index in [4.69, 9.17) is 13.0 Å². The van der Waals surface area contributed by atoms with E-state index in [-0.39, 0.29) is 6.67 Å². The van der Waals surface area contributed by atoms with Gasteiger partial charge >= 0.3 is 0 Å². The normalized spacial score (nSPS) is 11.5. The molecule has 3 rings (SSSR count). The van der Waals surface area contributed by atoms with Crippen molar-refractivity contribution >= 4 is 33.3 Å². The molecule has 0 aliphatic heterocycles. The minimum atomic E-state index is -3.92. The summed E-state index contributed by atoms with van der Waals surface area (Å²) in [5.74, 6) is 0. The monoisotopic (exact) mass is 530 g/mol. The molecule has 0 amide bonds. The second-order valence-corrected chi connectivity index (χ2v) is 14.1. The lowest BCUT2D eigenvalue weighted by molar-refractivity contribution is 0.449. The van der Waals surface area contributed by atoms with E-state index in [1.165, 1.54) is 67.0 Å². The van der Waals surface area contributed by atoms with Crippen LogP contribution in [0.25, 0.3) is 0 Å². The van der Waals surface area contributed by atoms with Gasteiger partial charge in [0.1, 0.15) is 23.2 Å². The van der Waals surface area contributed by atoms with Crippen molar-refractivity contribution in [1.29, 1.82) is 0 Å². The van der Waals surface area contributed by atoms with Gasteiger partial charge in [0, 0.05) is 6.26 Å². The van der Waals surface area contributed by atoms with Crippen LogP contribution in [0.15, 0.2) is 91.0 Å². The first-order valence-electron chi connectivity index (χ1n) is 12.9. The van der Waals surface area contributed by atoms with Gasteiger partial charge < -0.3 is 4.55 Å². The Morgan fingerprint density at radius 1 is 0.583 bits per heavy atom. The van der Waals surface area contributed by atoms with Crippen molar-refractivity contribution in [3.8, 4) is 0 Å². The predicted octanol–water partition coefficient (Wildman–Crippen LogP) is 6.62. The number of alkyl halides is 1. The fraction of sp³-hybridized carbons (Fsp3) is 0.400. The summed E-state index contributed by atoms with van der Waals surface area (Å²) in [4.78, 5) is 0. The summed E-state index contributed by atoms with van der Waals surface area (Å²) in [6, 6.07) is 33.6. The molecule has 0 bridgehead atoms. The molecule has 0 saturated heterocycles. The Bertz CT molecular complexity index is 956. The third kappa shape index (κ3) is 10.9. The first-order chi connectivity index (χ1) is 17.4. The lowest BCUT2D eigenvalue weighted by Gasteiger charge is -2.27. The number of unbranched alkanes of at least 4 members (excludes halogenated alkanes) is 8. The third-order valence-electron chi connectivity index (χ3n) is 6.22. The summed E-state index contributed by atoms with van der Waals surface area (Å²) in [5.41, 5.74) is 0. The van der Waals surface area contributed by atoms with Gasteiger partial charge in [-0.2, -0.15) is 0 Å². The molecule has 0 unspecified atom stereocenters. The van der Waals surface area contributed by atoms with Crippen molar-refractivity contribution in [2.75, 3.05) is 19.1 Å². The second kappa shape index (κ2) is 16.6. The van der Waals surface area contributed by atoms with Crippen LogP contribution < -0.4 is 15.9 Å². The Hall–Kier alpha value is -2.07. The summed E-state index contributed by atoms with van der Waals surface area (Å²) in [6.45, 7) is -0.158. The number of hydrogen-bond donors (Lipinski definition) is 0. The van der Waals surface area contributed by atoms with Crippen LogP contribution in [-0.2, 0) is 10.1 Å². The largest absolute Gasteiger partial charge is 0.748 e. The molecular formula is C30H40FO3PS. The topological polar surface area (TPSA) is 57.2 Å². The molecule has 0 saturated carbocycles. The average Bonchev–Trinajstić information content (AvgIpc) is 2.88. The minimum Gasteiger partial charge on any atom is -0.748 e. The van der Waals surface area contributed by atoms with Gasteiger partial charge in [-0.1, -0.05) is 93.1 Å². The van der Waals surface area contributed by atoms with Gasteiger partial charge in [-0.05, 0) is 55.7 Å². The standard InChI is InChI=1S/C29H37FP.CH4O3S/c30-25-17-6-4-2-1-3-5-7-18-26-31(27-19-11-8-12-20-27,28-21-13-9-14-22-28)29-23-15-10-16-24-29;1-5(2,3)4/h8-16,19-24H,1-7,17-18,25-26H2;1H3,(H,2,3,4)/q+1;/p-1. The quantitative estimate of drug-likeness (QED) is 0.134. The Morgan fingerprint density at radius 2 is 0.861 bits per heavy atom. The summed E-state index contributed by atoms with van der Waals surface area (Å²) < 4.78 is 39.4. The number of hydrogen-bond acceptors (Lipinski definition) is 3. The number of benzene rings is 3. The lowest BCUT2D eigenvalue weighted by Crippen LogP contribution is -2.33. The highest BCUT2D eigenvalue weighted by Gasteiger charge is 2.44. The molecule has 0 aromatic heterocycles. The summed E-state index contributed by atoms with van der Waals surface area (Å²) in [6.07, 6.45) is 12.5. The molecular weight excluding hydrogens is 490 g/mol. The molecule has 3 aromatic carbocycles. The number of halogens is 1. The Kier molecular flexibility index (Phi) is 13.9. The van der Waals surface area contributed by atoms with Crippen molar-refractivity contribution < 1.29 is 17.4 Å². The Labute approximate surface area is 218 Å². The molecule has 0 fully saturated rings. The molecule has 0 N–H and O–H groups in total. The van der Waals surface area contributed by atoms with Crippen LogP contribution in [0.3, 0.4) is 0 Å². The van der Waals surface area contributed by atoms with Gasteiger partial charge in [-0.15, -0.1) is 0 Å². The summed E-state index contributed by atoms with van der Waals surface area (Å²) in [7, 11) is -5.58. The Balaban J connectivity index is 0.000000830. The van der Waals surface area contributed by atoms with E-state index in [2.05, 4.69) is 91.0 Å². The van der Waals surface area contributed by atoms with Crippen molar-refractivity contribution in [1.82, 2.24) is 0 Å². The highest BCUT2D eigenvalue weighted by Crippen LogP contribution is 2.55. The summed E-state index contributed by atoms with van der Waals surface area (Å²) in [5, 5.41) is 4.46. The van der Waals surface area contributed by atoms with Gasteiger partial charge in [-0.3, -0.25) is 4.39 Å². The van der Waals surface area contributed by atoms with Crippen molar-refractivity contribution in [3.05, 3.63) is 91.0 Å². The van der Waals surface area contributed by atoms with Gasteiger partial charge in [0.25, 0.3) is 0 Å². The SMILES string of the molecule is CS(=O)(=O)[O-].FCCCCCCCCCCC[P+](c1ccccc1)(c1ccccc1)c1ccccc1. The van der Waals surface area contributed by atoms with Crippen LogP contribution in [0.4, 0.5) is 4.39 Å². The first kappa shape index (κ1) is 30.2.